The van der Waals surface area contributed by atoms with Gasteiger partial charge in [0.2, 0.25) is 0 Å². The van der Waals surface area contributed by atoms with Crippen molar-refractivity contribution in [1.82, 2.24) is 0 Å². The number of aryl methyl sites for hydroxylation is 1. The predicted octanol–water partition coefficient (Wildman–Crippen LogP) is 1.14. The number of carbonyl (C=O) groups is 1. The van der Waals surface area contributed by atoms with Crippen LogP contribution in [0.25, 0.3) is 0 Å². The van der Waals surface area contributed by atoms with Crippen LogP contribution in [0.1, 0.15) is 11.1 Å². The third-order valence-corrected chi connectivity index (χ3v) is 1.54. The van der Waals surface area contributed by atoms with Crippen molar-refractivity contribution in [3.63, 3.8) is 0 Å². The van der Waals surface area contributed by atoms with Gasteiger partial charge in [0.15, 0.2) is 0 Å². The number of benzene rings is 1. The second-order valence-electron chi connectivity index (χ2n) is 2.53. The number of para-hydroxylation sites is 1. The molecule has 0 atom stereocenters. The highest BCUT2D eigenvalue weighted by Crippen LogP contribution is 2.19. The van der Waals surface area contributed by atoms with Crippen molar-refractivity contribution >= 4 is 5.97 Å². The molecule has 0 spiro atoms. The minimum Gasteiger partial charge on any atom is -0.506 e. The van der Waals surface area contributed by atoms with Gasteiger partial charge in [0.1, 0.15) is 5.75 Å². The molecule has 0 unspecified atom stereocenters. The highest BCUT2D eigenvalue weighted by molar-refractivity contribution is 5.87. The third kappa shape index (κ3) is 2.24. The highest BCUT2D eigenvalue weighted by Gasteiger charge is 1.99. The standard InChI is InChI=1S/C10H8O3/c1-7-3-2-4-8(10(7)13)5-6-9(11)12/h2-4,13H,1H3,(H,11,12). The lowest BCUT2D eigenvalue weighted by Gasteiger charge is -1.98. The SMILES string of the molecule is Cc1cccc(C#CC(=O)O)c1O. The second-order valence-corrected chi connectivity index (χ2v) is 2.53. The molecule has 0 amide bonds. The first kappa shape index (κ1) is 9.14. The largest absolute Gasteiger partial charge is 0.506 e. The van der Waals surface area contributed by atoms with Crippen LogP contribution in [-0.2, 0) is 4.79 Å². The summed E-state index contributed by atoms with van der Waals surface area (Å²) in [5, 5.41) is 17.7. The lowest BCUT2D eigenvalue weighted by molar-refractivity contribution is -0.130. The van der Waals surface area contributed by atoms with Crippen LogP contribution in [0.4, 0.5) is 0 Å². The molecule has 0 saturated carbocycles. The van der Waals surface area contributed by atoms with Crippen molar-refractivity contribution in [3.8, 4) is 17.6 Å². The Balaban J connectivity index is 3.11. The molecule has 0 aromatic heterocycles. The van der Waals surface area contributed by atoms with E-state index < -0.39 is 5.97 Å². The number of rotatable bonds is 0. The molecule has 0 fully saturated rings. The Morgan fingerprint density at radius 1 is 1.46 bits per heavy atom. The first-order valence-electron chi connectivity index (χ1n) is 3.65. The average Bonchev–Trinajstić information content (AvgIpc) is 2.07. The summed E-state index contributed by atoms with van der Waals surface area (Å²) >= 11 is 0. The van der Waals surface area contributed by atoms with Gasteiger partial charge in [-0.25, -0.2) is 4.79 Å². The Labute approximate surface area is 75.6 Å². The van der Waals surface area contributed by atoms with Crippen molar-refractivity contribution in [2.45, 2.75) is 6.92 Å². The van der Waals surface area contributed by atoms with Crippen LogP contribution in [0.2, 0.25) is 0 Å². The first-order chi connectivity index (χ1) is 6.11. The minimum atomic E-state index is -1.21. The average molecular weight is 176 g/mol. The molecule has 13 heavy (non-hydrogen) atoms. The fraction of sp³-hybridized carbons (Fsp3) is 0.100. The number of carboxylic acids is 1. The second kappa shape index (κ2) is 3.63. The maximum absolute atomic E-state index is 10.1. The number of hydrogen-bond acceptors (Lipinski definition) is 2. The Morgan fingerprint density at radius 2 is 2.15 bits per heavy atom. The summed E-state index contributed by atoms with van der Waals surface area (Å²) in [6, 6.07) is 5.00. The van der Waals surface area contributed by atoms with Crippen LogP contribution in [0.3, 0.4) is 0 Å². The van der Waals surface area contributed by atoms with E-state index in [-0.39, 0.29) is 5.75 Å². The molecular weight excluding hydrogens is 168 g/mol. The number of phenols is 1. The molecule has 0 bridgehead atoms. The van der Waals surface area contributed by atoms with E-state index in [0.29, 0.717) is 11.1 Å². The van der Waals surface area contributed by atoms with Crippen molar-refractivity contribution in [3.05, 3.63) is 29.3 Å². The summed E-state index contributed by atoms with van der Waals surface area (Å²) in [4.78, 5) is 10.1. The van der Waals surface area contributed by atoms with E-state index in [9.17, 15) is 9.90 Å². The molecule has 66 valence electrons. The fourth-order valence-electron chi connectivity index (χ4n) is 0.881. The molecule has 0 heterocycles. The van der Waals surface area contributed by atoms with E-state index in [2.05, 4.69) is 5.92 Å². The van der Waals surface area contributed by atoms with Gasteiger partial charge in [-0.15, -0.1) is 0 Å². The van der Waals surface area contributed by atoms with Gasteiger partial charge in [0, 0.05) is 5.92 Å². The van der Waals surface area contributed by atoms with Crippen LogP contribution < -0.4 is 0 Å². The smallest absolute Gasteiger partial charge is 0.382 e. The lowest BCUT2D eigenvalue weighted by Crippen LogP contribution is -1.88. The Bertz CT molecular complexity index is 396. The number of aliphatic carboxylic acids is 1. The minimum absolute atomic E-state index is 0.0382. The van der Waals surface area contributed by atoms with E-state index in [1.807, 2.05) is 5.92 Å². The molecule has 3 nitrogen and oxygen atoms in total. The summed E-state index contributed by atoms with van der Waals surface area (Å²) in [7, 11) is 0. The maximum Gasteiger partial charge on any atom is 0.382 e. The maximum atomic E-state index is 10.1. The summed E-state index contributed by atoms with van der Waals surface area (Å²) in [6.07, 6.45) is 0. The molecule has 0 radical (unpaired) electrons. The molecule has 0 saturated heterocycles. The van der Waals surface area contributed by atoms with Gasteiger partial charge in [0.05, 0.1) is 5.56 Å². The number of phenolic OH excluding ortho intramolecular Hbond substituents is 1. The van der Waals surface area contributed by atoms with Gasteiger partial charge in [-0.3, -0.25) is 0 Å². The van der Waals surface area contributed by atoms with Gasteiger partial charge >= 0.3 is 5.97 Å². The third-order valence-electron chi connectivity index (χ3n) is 1.54. The Morgan fingerprint density at radius 3 is 2.77 bits per heavy atom. The van der Waals surface area contributed by atoms with E-state index in [1.165, 1.54) is 0 Å². The predicted molar refractivity (Wildman–Crippen MR) is 47.4 cm³/mol. The number of carboxylic acid groups (broad SMARTS) is 1. The number of aromatic hydroxyl groups is 1. The Hall–Kier alpha value is -1.95. The zero-order valence-electron chi connectivity index (χ0n) is 7.03. The molecular formula is C10H8O3. The monoisotopic (exact) mass is 176 g/mol. The molecule has 0 aliphatic heterocycles. The summed E-state index contributed by atoms with van der Waals surface area (Å²) in [5.74, 6) is 3.12. The number of hydrogen-bond donors (Lipinski definition) is 2. The van der Waals surface area contributed by atoms with Crippen molar-refractivity contribution in [1.29, 1.82) is 0 Å². The quantitative estimate of drug-likeness (QED) is 0.583. The van der Waals surface area contributed by atoms with E-state index in [4.69, 9.17) is 5.11 Å². The molecule has 1 aromatic carbocycles. The van der Waals surface area contributed by atoms with E-state index in [0.717, 1.165) is 0 Å². The van der Waals surface area contributed by atoms with Crippen LogP contribution in [0, 0.1) is 18.8 Å². The molecule has 0 aliphatic carbocycles. The molecule has 0 aliphatic rings. The zero-order valence-corrected chi connectivity index (χ0v) is 7.03. The van der Waals surface area contributed by atoms with Gasteiger partial charge in [-0.05, 0) is 18.6 Å². The molecule has 2 N–H and O–H groups in total. The van der Waals surface area contributed by atoms with Gasteiger partial charge in [0.25, 0.3) is 0 Å². The molecule has 3 heteroatoms. The van der Waals surface area contributed by atoms with Crippen LogP contribution in [-0.4, -0.2) is 16.2 Å². The van der Waals surface area contributed by atoms with Gasteiger partial charge in [-0.2, -0.15) is 0 Å². The summed E-state index contributed by atoms with van der Waals surface area (Å²) < 4.78 is 0. The van der Waals surface area contributed by atoms with Crippen LogP contribution in [0.5, 0.6) is 5.75 Å². The topological polar surface area (TPSA) is 57.5 Å². The van der Waals surface area contributed by atoms with Crippen molar-refractivity contribution < 1.29 is 15.0 Å². The van der Waals surface area contributed by atoms with Crippen LogP contribution >= 0.6 is 0 Å². The van der Waals surface area contributed by atoms with Crippen molar-refractivity contribution in [2.75, 3.05) is 0 Å². The Kier molecular flexibility index (Phi) is 2.56. The zero-order chi connectivity index (χ0) is 9.84. The van der Waals surface area contributed by atoms with Gasteiger partial charge in [-0.1, -0.05) is 18.1 Å². The molecule has 1 aromatic rings. The fourth-order valence-corrected chi connectivity index (χ4v) is 0.881. The van der Waals surface area contributed by atoms with E-state index >= 15 is 0 Å². The van der Waals surface area contributed by atoms with Crippen molar-refractivity contribution in [2.24, 2.45) is 0 Å². The van der Waals surface area contributed by atoms with Crippen LogP contribution in [0.15, 0.2) is 18.2 Å². The van der Waals surface area contributed by atoms with Gasteiger partial charge < -0.3 is 10.2 Å². The first-order valence-corrected chi connectivity index (χ1v) is 3.65. The van der Waals surface area contributed by atoms with E-state index in [1.54, 1.807) is 25.1 Å². The normalized spacial score (nSPS) is 8.69. The highest BCUT2D eigenvalue weighted by atomic mass is 16.4. The summed E-state index contributed by atoms with van der Waals surface area (Å²) in [5.41, 5.74) is 1.01. The molecule has 1 rings (SSSR count). The summed E-state index contributed by atoms with van der Waals surface area (Å²) in [6.45, 7) is 1.72. The lowest BCUT2D eigenvalue weighted by atomic mass is 10.1.